The topological polar surface area (TPSA) is 104 Å². The molecule has 5 heterocycles. The number of benzene rings is 1. The highest BCUT2D eigenvalue weighted by molar-refractivity contribution is 7.23. The van der Waals surface area contributed by atoms with Gasteiger partial charge in [0.15, 0.2) is 5.82 Å². The van der Waals surface area contributed by atoms with Crippen LogP contribution in [-0.2, 0) is 18.0 Å². The maximum Gasteiger partial charge on any atom is 0.226 e. The number of aromatic nitrogens is 3. The number of hydrogen-bond donors (Lipinski definition) is 1. The average molecular weight is 510 g/mol. The summed E-state index contributed by atoms with van der Waals surface area (Å²) in [4.78, 5) is 18.0. The number of halogens is 2. The molecule has 0 unspecified atom stereocenters. The number of anilines is 2. The van der Waals surface area contributed by atoms with Gasteiger partial charge in [0.2, 0.25) is 5.95 Å². The molecule has 11 heteroatoms. The number of hydrogen-bond acceptors (Lipinski definition) is 9. The molecule has 1 saturated heterocycles. The molecule has 2 aliphatic heterocycles. The highest BCUT2D eigenvalue weighted by Crippen LogP contribution is 2.46. The third kappa shape index (κ3) is 3.34. The summed E-state index contributed by atoms with van der Waals surface area (Å²) in [6.07, 6.45) is 4.15. The maximum atomic E-state index is 16.4. The number of pyridine rings is 1. The average Bonchev–Trinajstić information content (AvgIpc) is 3.59. The second kappa shape index (κ2) is 8.24. The van der Waals surface area contributed by atoms with Gasteiger partial charge in [-0.3, -0.25) is 4.98 Å². The molecule has 8 nitrogen and oxygen atoms in total. The van der Waals surface area contributed by atoms with Crippen molar-refractivity contribution < 1.29 is 9.13 Å². The number of nitriles is 1. The van der Waals surface area contributed by atoms with Crippen molar-refractivity contribution in [3.8, 4) is 17.3 Å². The molecular formula is C24H21ClFN7OS. The zero-order valence-electron chi connectivity index (χ0n) is 19.1. The predicted molar refractivity (Wildman–Crippen MR) is 135 cm³/mol. The molecule has 35 heavy (non-hydrogen) atoms. The smallest absolute Gasteiger partial charge is 0.226 e. The van der Waals surface area contributed by atoms with Crippen LogP contribution in [-0.4, -0.2) is 53.1 Å². The fourth-order valence-electron chi connectivity index (χ4n) is 5.04. The van der Waals surface area contributed by atoms with Crippen LogP contribution < -0.4 is 10.6 Å². The van der Waals surface area contributed by atoms with Crippen molar-refractivity contribution in [3.05, 3.63) is 39.9 Å². The second-order valence-corrected chi connectivity index (χ2v) is 10.5. The van der Waals surface area contributed by atoms with Crippen LogP contribution in [0.25, 0.3) is 32.2 Å². The van der Waals surface area contributed by atoms with Gasteiger partial charge in [0.1, 0.15) is 16.6 Å². The number of ether oxygens (including phenoxy) is 1. The van der Waals surface area contributed by atoms with E-state index in [-0.39, 0.29) is 23.3 Å². The first-order chi connectivity index (χ1) is 16.9. The third-order valence-corrected chi connectivity index (χ3v) is 8.36. The molecule has 2 aliphatic rings. The Morgan fingerprint density at radius 2 is 2.09 bits per heavy atom. The Morgan fingerprint density at radius 1 is 1.29 bits per heavy atom. The van der Waals surface area contributed by atoms with Crippen molar-refractivity contribution >= 4 is 54.9 Å². The monoisotopic (exact) mass is 509 g/mol. The molecule has 0 spiro atoms. The zero-order chi connectivity index (χ0) is 24.4. The summed E-state index contributed by atoms with van der Waals surface area (Å²) in [7, 11) is 4.11. The zero-order valence-corrected chi connectivity index (χ0v) is 20.7. The largest absolute Gasteiger partial charge is 0.389 e. The number of nitrogens with zero attached hydrogens (tertiary/aromatic N) is 6. The van der Waals surface area contributed by atoms with Gasteiger partial charge < -0.3 is 20.3 Å². The van der Waals surface area contributed by atoms with E-state index in [9.17, 15) is 5.26 Å². The van der Waals surface area contributed by atoms with Crippen LogP contribution in [0.3, 0.4) is 0 Å². The summed E-state index contributed by atoms with van der Waals surface area (Å²) in [5.41, 5.74) is 8.69. The lowest BCUT2D eigenvalue weighted by Gasteiger charge is -2.21. The number of likely N-dealkylation sites (N-methyl/N-ethyl adjacent to an activating group) is 1. The first-order valence-corrected chi connectivity index (χ1v) is 12.3. The number of nitrogens with two attached hydrogens (primary N) is 1. The van der Waals surface area contributed by atoms with Crippen molar-refractivity contribution in [1.82, 2.24) is 19.9 Å². The Bertz CT molecular complexity index is 1560. The Kier molecular flexibility index (Phi) is 5.27. The Balaban J connectivity index is 1.60. The van der Waals surface area contributed by atoms with Crippen LogP contribution in [0.5, 0.6) is 0 Å². The predicted octanol–water partition coefficient (Wildman–Crippen LogP) is 4.32. The van der Waals surface area contributed by atoms with Crippen molar-refractivity contribution in [1.29, 1.82) is 5.26 Å². The molecule has 1 fully saturated rings. The second-order valence-electron chi connectivity index (χ2n) is 9.04. The standard InChI is InChI=1S/C24H21ClFN7OS/c1-32(2)11-3-4-33(8-11)24-30-6-13-14-9-34-10-15(14)17(19(26)20(13)31-24)21-18-12(5-27)23(28)35-22(18)16(25)7-29-21/h6-7,11H,3-4,8-10,28H2,1-2H3/t11-/m0/s1. The van der Waals surface area contributed by atoms with Gasteiger partial charge >= 0.3 is 0 Å². The molecule has 0 aliphatic carbocycles. The van der Waals surface area contributed by atoms with Crippen LogP contribution in [0.4, 0.5) is 15.3 Å². The van der Waals surface area contributed by atoms with Crippen LogP contribution in [0.2, 0.25) is 5.02 Å². The van der Waals surface area contributed by atoms with E-state index in [1.54, 1.807) is 6.20 Å². The Labute approximate surface area is 209 Å². The minimum absolute atomic E-state index is 0.217. The first kappa shape index (κ1) is 22.4. The summed E-state index contributed by atoms with van der Waals surface area (Å²) in [6, 6.07) is 2.53. The summed E-state index contributed by atoms with van der Waals surface area (Å²) in [5, 5.41) is 11.5. The number of rotatable bonds is 3. The van der Waals surface area contributed by atoms with E-state index < -0.39 is 5.82 Å². The van der Waals surface area contributed by atoms with Crippen molar-refractivity contribution in [2.24, 2.45) is 0 Å². The fourth-order valence-corrected chi connectivity index (χ4v) is 6.22. The molecule has 178 valence electrons. The summed E-state index contributed by atoms with van der Waals surface area (Å²) < 4.78 is 22.7. The van der Waals surface area contributed by atoms with Gasteiger partial charge in [0.05, 0.1) is 34.2 Å². The Morgan fingerprint density at radius 3 is 2.83 bits per heavy atom. The minimum Gasteiger partial charge on any atom is -0.389 e. The summed E-state index contributed by atoms with van der Waals surface area (Å²) in [6.45, 7) is 2.13. The van der Waals surface area contributed by atoms with Gasteiger partial charge in [-0.2, -0.15) is 5.26 Å². The molecule has 0 amide bonds. The van der Waals surface area contributed by atoms with E-state index in [4.69, 9.17) is 22.1 Å². The molecular weight excluding hydrogens is 489 g/mol. The van der Waals surface area contributed by atoms with Gasteiger partial charge in [-0.15, -0.1) is 11.3 Å². The summed E-state index contributed by atoms with van der Waals surface area (Å²) in [5.74, 6) is -0.0155. The lowest BCUT2D eigenvalue weighted by Crippen LogP contribution is -2.32. The molecule has 4 aromatic rings. The Hall–Kier alpha value is -3.10. The lowest BCUT2D eigenvalue weighted by atomic mass is 9.94. The highest BCUT2D eigenvalue weighted by Gasteiger charge is 2.31. The molecule has 2 N–H and O–H groups in total. The minimum atomic E-state index is -0.513. The number of fused-ring (bicyclic) bond motifs is 4. The van der Waals surface area contributed by atoms with E-state index in [0.717, 1.165) is 25.1 Å². The van der Waals surface area contributed by atoms with Gasteiger partial charge in [0.25, 0.3) is 0 Å². The summed E-state index contributed by atoms with van der Waals surface area (Å²) >= 11 is 7.57. The first-order valence-electron chi connectivity index (χ1n) is 11.1. The molecule has 6 rings (SSSR count). The third-order valence-electron chi connectivity index (χ3n) is 6.91. The maximum absolute atomic E-state index is 16.4. The fraction of sp³-hybridized carbons (Fsp3) is 0.333. The van der Waals surface area contributed by atoms with Gasteiger partial charge in [-0.25, -0.2) is 14.4 Å². The molecule has 1 atom stereocenters. The number of thiophene rings is 1. The normalized spacial score (nSPS) is 17.6. The van der Waals surface area contributed by atoms with Crippen molar-refractivity contribution in [2.45, 2.75) is 25.7 Å². The quantitative estimate of drug-likeness (QED) is 0.435. The highest BCUT2D eigenvalue weighted by atomic mass is 35.5. The van der Waals surface area contributed by atoms with Crippen LogP contribution in [0, 0.1) is 17.1 Å². The van der Waals surface area contributed by atoms with Gasteiger partial charge in [-0.1, -0.05) is 11.6 Å². The van der Waals surface area contributed by atoms with E-state index in [1.807, 2.05) is 0 Å². The van der Waals surface area contributed by atoms with E-state index in [2.05, 4.69) is 44.9 Å². The van der Waals surface area contributed by atoms with Crippen molar-refractivity contribution in [2.75, 3.05) is 37.8 Å². The van der Waals surface area contributed by atoms with E-state index in [0.29, 0.717) is 55.4 Å². The molecule has 0 saturated carbocycles. The van der Waals surface area contributed by atoms with Crippen molar-refractivity contribution in [3.63, 3.8) is 0 Å². The van der Waals surface area contributed by atoms with Crippen LogP contribution >= 0.6 is 22.9 Å². The molecule has 1 aromatic carbocycles. The molecule has 0 radical (unpaired) electrons. The van der Waals surface area contributed by atoms with Crippen LogP contribution in [0.1, 0.15) is 23.1 Å². The molecule has 0 bridgehead atoms. The van der Waals surface area contributed by atoms with E-state index >= 15 is 4.39 Å². The van der Waals surface area contributed by atoms with Crippen LogP contribution in [0.15, 0.2) is 12.4 Å². The SMILES string of the molecule is CN(C)[C@H]1CCN(c2ncc3c4c(c(-c5ncc(Cl)c6sc(N)c(C#N)c56)c(F)c3n2)COC4)C1. The van der Waals surface area contributed by atoms with Gasteiger partial charge in [-0.05, 0) is 31.6 Å². The lowest BCUT2D eigenvalue weighted by molar-refractivity contribution is 0.135. The van der Waals surface area contributed by atoms with E-state index in [1.165, 1.54) is 17.5 Å². The van der Waals surface area contributed by atoms with Gasteiger partial charge in [0, 0.05) is 47.9 Å². The number of nitrogen functional groups attached to an aromatic ring is 1. The molecule has 3 aromatic heterocycles.